The van der Waals surface area contributed by atoms with Crippen LogP contribution in [0.25, 0.3) is 10.9 Å². The van der Waals surface area contributed by atoms with Crippen LogP contribution >= 0.6 is 0 Å². The molecule has 0 saturated heterocycles. The molecule has 0 spiro atoms. The molecule has 1 atom stereocenters. The van der Waals surface area contributed by atoms with Crippen LogP contribution in [0.1, 0.15) is 38.1 Å². The Kier molecular flexibility index (Phi) is 4.49. The van der Waals surface area contributed by atoms with Gasteiger partial charge in [0.2, 0.25) is 0 Å². The fraction of sp³-hybridized carbons (Fsp3) is 0.261. The summed E-state index contributed by atoms with van der Waals surface area (Å²) in [5, 5.41) is 11.6. The molecule has 3 heterocycles. The molecule has 0 aliphatic carbocycles. The number of benzene rings is 1. The van der Waals surface area contributed by atoms with Gasteiger partial charge in [-0.25, -0.2) is 0 Å². The molecule has 2 N–H and O–H groups in total. The molecule has 148 valence electrons. The molecule has 2 aromatic heterocycles. The first kappa shape index (κ1) is 18.9. The highest BCUT2D eigenvalue weighted by Gasteiger charge is 2.46. The lowest BCUT2D eigenvalue weighted by Gasteiger charge is -2.28. The van der Waals surface area contributed by atoms with Crippen molar-refractivity contribution in [2.75, 3.05) is 0 Å². The molecule has 1 amide bonds. The maximum absolute atomic E-state index is 13.2. The zero-order chi connectivity index (χ0) is 20.8. The van der Waals surface area contributed by atoms with Gasteiger partial charge in [-0.15, -0.1) is 0 Å². The number of hydrogen-bond donors (Lipinski definition) is 2. The van der Waals surface area contributed by atoms with Crippen LogP contribution in [0.4, 0.5) is 0 Å². The van der Waals surface area contributed by atoms with Crippen LogP contribution in [0.5, 0.6) is 0 Å². The summed E-state index contributed by atoms with van der Waals surface area (Å²) in [6, 6.07) is 12.5. The molecule has 29 heavy (non-hydrogen) atoms. The first-order valence-electron chi connectivity index (χ1n) is 9.54. The van der Waals surface area contributed by atoms with E-state index in [1.807, 2.05) is 42.6 Å². The Labute approximate surface area is 168 Å². The molecule has 0 bridgehead atoms. The number of carbonyl (C=O) groups excluding carboxylic acids is 2. The summed E-state index contributed by atoms with van der Waals surface area (Å²) in [6.07, 6.45) is 3.47. The van der Waals surface area contributed by atoms with E-state index >= 15 is 0 Å². The Balaban J connectivity index is 1.88. The lowest BCUT2D eigenvalue weighted by molar-refractivity contribution is -0.130. The monoisotopic (exact) mass is 389 g/mol. The second-order valence-electron chi connectivity index (χ2n) is 8.29. The van der Waals surface area contributed by atoms with Crippen molar-refractivity contribution in [1.82, 2.24) is 14.9 Å². The highest BCUT2D eigenvalue weighted by atomic mass is 16.3. The summed E-state index contributed by atoms with van der Waals surface area (Å²) < 4.78 is 0. The van der Waals surface area contributed by atoms with Crippen molar-refractivity contribution < 1.29 is 14.7 Å². The molecular formula is C23H23N3O3. The number of aliphatic hydroxyl groups excluding tert-OH is 1. The van der Waals surface area contributed by atoms with E-state index in [4.69, 9.17) is 0 Å². The zero-order valence-corrected chi connectivity index (χ0v) is 16.6. The Bertz CT molecular complexity index is 1120. The lowest BCUT2D eigenvalue weighted by atomic mass is 9.82. The van der Waals surface area contributed by atoms with Crippen molar-refractivity contribution in [3.05, 3.63) is 77.4 Å². The van der Waals surface area contributed by atoms with Crippen molar-refractivity contribution in [3.8, 4) is 0 Å². The minimum Gasteiger partial charge on any atom is -0.503 e. The molecule has 1 aliphatic heterocycles. The summed E-state index contributed by atoms with van der Waals surface area (Å²) >= 11 is 0. The van der Waals surface area contributed by atoms with Gasteiger partial charge in [0.05, 0.1) is 23.9 Å². The number of pyridine rings is 1. The predicted molar refractivity (Wildman–Crippen MR) is 110 cm³/mol. The second-order valence-corrected chi connectivity index (χ2v) is 8.29. The second kappa shape index (κ2) is 6.88. The van der Waals surface area contributed by atoms with Gasteiger partial charge in [-0.2, -0.15) is 0 Å². The third-order valence-corrected chi connectivity index (χ3v) is 5.20. The van der Waals surface area contributed by atoms with Gasteiger partial charge in [0.15, 0.2) is 11.5 Å². The average Bonchev–Trinajstić information content (AvgIpc) is 3.22. The molecule has 1 aliphatic rings. The maximum atomic E-state index is 13.2. The standard InChI is InChI=1S/C23H23N3O3/c1-23(2,3)21(28)18-19(16-12-25-17-10-5-4-9-15(16)17)26(22(29)20(18)27)13-14-8-6-7-11-24-14/h4-12,19,25,27H,13H2,1-3H3. The number of hydrogen-bond acceptors (Lipinski definition) is 4. The van der Waals surface area contributed by atoms with Crippen LogP contribution in [0, 0.1) is 5.41 Å². The predicted octanol–water partition coefficient (Wildman–Crippen LogP) is 4.07. The number of nitrogens with one attached hydrogen (secondary N) is 1. The van der Waals surface area contributed by atoms with E-state index in [1.54, 1.807) is 33.0 Å². The van der Waals surface area contributed by atoms with Gasteiger partial charge in [-0.05, 0) is 18.2 Å². The fourth-order valence-electron chi connectivity index (χ4n) is 3.76. The Hall–Kier alpha value is -3.41. The van der Waals surface area contributed by atoms with Crippen LogP contribution in [-0.4, -0.2) is 31.7 Å². The van der Waals surface area contributed by atoms with Gasteiger partial charge in [0.1, 0.15) is 0 Å². The quantitative estimate of drug-likeness (QED) is 0.704. The molecular weight excluding hydrogens is 366 g/mol. The number of rotatable bonds is 4. The first-order valence-corrected chi connectivity index (χ1v) is 9.54. The number of nitrogens with zero attached hydrogens (tertiary/aromatic N) is 2. The van der Waals surface area contributed by atoms with Crippen LogP contribution in [0.3, 0.4) is 0 Å². The number of aliphatic hydroxyl groups is 1. The van der Waals surface area contributed by atoms with Gasteiger partial charge in [0, 0.05) is 34.3 Å². The van der Waals surface area contributed by atoms with Gasteiger partial charge < -0.3 is 15.0 Å². The van der Waals surface area contributed by atoms with Crippen LogP contribution in [-0.2, 0) is 16.1 Å². The molecule has 0 saturated carbocycles. The molecule has 6 nitrogen and oxygen atoms in total. The minimum atomic E-state index is -0.741. The normalized spacial score (nSPS) is 17.4. The SMILES string of the molecule is CC(C)(C)C(=O)C1=C(O)C(=O)N(Cc2ccccn2)C1c1c[nH]c2ccccc12. The summed E-state index contributed by atoms with van der Waals surface area (Å²) in [5.74, 6) is -1.28. The highest BCUT2D eigenvalue weighted by Crippen LogP contribution is 2.43. The summed E-state index contributed by atoms with van der Waals surface area (Å²) in [6.45, 7) is 5.55. The number of H-pyrrole nitrogens is 1. The third-order valence-electron chi connectivity index (χ3n) is 5.20. The number of ketones is 1. The van der Waals surface area contributed by atoms with E-state index in [1.165, 1.54) is 4.90 Å². The van der Waals surface area contributed by atoms with Crippen LogP contribution < -0.4 is 0 Å². The van der Waals surface area contributed by atoms with Gasteiger partial charge in [-0.1, -0.05) is 45.0 Å². The van der Waals surface area contributed by atoms with E-state index in [0.717, 1.165) is 16.5 Å². The Morgan fingerprint density at radius 2 is 1.90 bits per heavy atom. The summed E-state index contributed by atoms with van der Waals surface area (Å²) in [5.41, 5.74) is 1.77. The number of fused-ring (bicyclic) bond motifs is 1. The highest BCUT2D eigenvalue weighted by molar-refractivity contribution is 6.11. The van der Waals surface area contributed by atoms with Crippen molar-refractivity contribution in [2.24, 2.45) is 5.41 Å². The van der Waals surface area contributed by atoms with E-state index < -0.39 is 23.1 Å². The topological polar surface area (TPSA) is 86.3 Å². The van der Waals surface area contributed by atoms with Crippen LogP contribution in [0.2, 0.25) is 0 Å². The number of aromatic amines is 1. The molecule has 4 rings (SSSR count). The lowest BCUT2D eigenvalue weighted by Crippen LogP contribution is -2.32. The third kappa shape index (κ3) is 3.20. The Morgan fingerprint density at radius 1 is 1.17 bits per heavy atom. The van der Waals surface area contributed by atoms with E-state index in [2.05, 4.69) is 9.97 Å². The fourth-order valence-corrected chi connectivity index (χ4v) is 3.76. The molecule has 1 aromatic carbocycles. The van der Waals surface area contributed by atoms with E-state index in [0.29, 0.717) is 5.69 Å². The van der Waals surface area contributed by atoms with Crippen molar-refractivity contribution in [2.45, 2.75) is 33.4 Å². The number of amides is 1. The van der Waals surface area contributed by atoms with Gasteiger partial charge in [-0.3, -0.25) is 14.6 Å². The largest absolute Gasteiger partial charge is 0.503 e. The smallest absolute Gasteiger partial charge is 0.290 e. The van der Waals surface area contributed by atoms with Gasteiger partial charge in [0.25, 0.3) is 5.91 Å². The molecule has 0 radical (unpaired) electrons. The Morgan fingerprint density at radius 3 is 2.59 bits per heavy atom. The molecule has 6 heteroatoms. The number of Topliss-reactive ketones (excluding diaryl/α,β-unsaturated/α-hetero) is 1. The van der Waals surface area contributed by atoms with E-state index in [-0.39, 0.29) is 17.9 Å². The molecule has 0 fully saturated rings. The van der Waals surface area contributed by atoms with Crippen LogP contribution in [0.15, 0.2) is 66.2 Å². The average molecular weight is 389 g/mol. The van der Waals surface area contributed by atoms with Gasteiger partial charge >= 0.3 is 0 Å². The number of aromatic nitrogens is 2. The van der Waals surface area contributed by atoms with E-state index in [9.17, 15) is 14.7 Å². The molecule has 1 unspecified atom stereocenters. The van der Waals surface area contributed by atoms with Crippen molar-refractivity contribution >= 4 is 22.6 Å². The first-order chi connectivity index (χ1) is 13.8. The zero-order valence-electron chi connectivity index (χ0n) is 16.6. The number of carbonyl (C=O) groups is 2. The summed E-state index contributed by atoms with van der Waals surface area (Å²) in [4.78, 5) is 35.3. The van der Waals surface area contributed by atoms with Crippen molar-refractivity contribution in [3.63, 3.8) is 0 Å². The minimum absolute atomic E-state index is 0.142. The van der Waals surface area contributed by atoms with Crippen molar-refractivity contribution in [1.29, 1.82) is 0 Å². The summed E-state index contributed by atoms with van der Waals surface area (Å²) in [7, 11) is 0. The number of para-hydroxylation sites is 1. The molecule has 3 aromatic rings. The maximum Gasteiger partial charge on any atom is 0.290 e.